The number of hydrogen-bond acceptors (Lipinski definition) is 3. The molecule has 2 N–H and O–H groups in total. The summed E-state index contributed by atoms with van der Waals surface area (Å²) in [5.41, 5.74) is 7.45. The molecule has 138 valence electrons. The summed E-state index contributed by atoms with van der Waals surface area (Å²) in [6.07, 6.45) is 7.48. The third-order valence-electron chi connectivity index (χ3n) is 6.16. The number of nitrogens with two attached hydrogens (primary N) is 1. The molecule has 1 saturated carbocycles. The second-order valence-electron chi connectivity index (χ2n) is 8.13. The first kappa shape index (κ1) is 18.2. The molecule has 2 fully saturated rings. The van der Waals surface area contributed by atoms with Crippen LogP contribution in [0.3, 0.4) is 0 Å². The number of piperidine rings is 1. The first-order chi connectivity index (χ1) is 12.0. The Balaban J connectivity index is 1.51. The largest absolute Gasteiger partial charge is 0.497 e. The predicted molar refractivity (Wildman–Crippen MR) is 101 cm³/mol. The molecule has 1 aliphatic carbocycles. The van der Waals surface area contributed by atoms with E-state index in [1.165, 1.54) is 5.56 Å². The van der Waals surface area contributed by atoms with Crippen LogP contribution >= 0.6 is 0 Å². The van der Waals surface area contributed by atoms with Crippen molar-refractivity contribution in [2.75, 3.05) is 20.2 Å². The maximum atomic E-state index is 12.9. The van der Waals surface area contributed by atoms with Gasteiger partial charge in [0.1, 0.15) is 5.75 Å². The van der Waals surface area contributed by atoms with E-state index in [2.05, 4.69) is 24.0 Å². The maximum Gasteiger partial charge on any atom is 0.227 e. The van der Waals surface area contributed by atoms with Crippen molar-refractivity contribution in [1.82, 2.24) is 4.90 Å². The van der Waals surface area contributed by atoms with Gasteiger partial charge in [0.2, 0.25) is 5.91 Å². The Bertz CT molecular complexity index is 574. The van der Waals surface area contributed by atoms with Crippen LogP contribution in [-0.2, 0) is 11.2 Å². The van der Waals surface area contributed by atoms with Crippen molar-refractivity contribution < 1.29 is 9.53 Å². The average Bonchev–Trinajstić information content (AvgIpc) is 2.62. The van der Waals surface area contributed by atoms with Crippen LogP contribution in [0.5, 0.6) is 5.75 Å². The molecule has 1 saturated heterocycles. The molecule has 4 nitrogen and oxygen atoms in total. The van der Waals surface area contributed by atoms with Crippen molar-refractivity contribution in [2.45, 2.75) is 57.4 Å². The normalized spacial score (nSPS) is 28.0. The SMILES string of the molecule is COc1ccc(CC2CCN(C(=O)C3CCCCC3(C)N)CC2)cc1. The fraction of sp³-hybridized carbons (Fsp3) is 0.667. The van der Waals surface area contributed by atoms with Gasteiger partial charge in [0.25, 0.3) is 0 Å². The molecule has 4 heteroatoms. The average molecular weight is 344 g/mol. The monoisotopic (exact) mass is 344 g/mol. The van der Waals surface area contributed by atoms with Gasteiger partial charge in [-0.25, -0.2) is 0 Å². The first-order valence-corrected chi connectivity index (χ1v) is 9.70. The van der Waals surface area contributed by atoms with Gasteiger partial charge in [-0.3, -0.25) is 4.79 Å². The summed E-state index contributed by atoms with van der Waals surface area (Å²) < 4.78 is 5.22. The summed E-state index contributed by atoms with van der Waals surface area (Å²) in [5, 5.41) is 0. The zero-order valence-electron chi connectivity index (χ0n) is 15.7. The third kappa shape index (κ3) is 4.35. The van der Waals surface area contributed by atoms with E-state index in [4.69, 9.17) is 10.5 Å². The van der Waals surface area contributed by atoms with E-state index in [1.807, 2.05) is 12.1 Å². The van der Waals surface area contributed by atoms with Crippen LogP contribution in [-0.4, -0.2) is 36.5 Å². The molecular weight excluding hydrogens is 312 g/mol. The molecule has 1 heterocycles. The number of hydrogen-bond donors (Lipinski definition) is 1. The number of benzene rings is 1. The summed E-state index contributed by atoms with van der Waals surface area (Å²) in [4.78, 5) is 15.0. The van der Waals surface area contributed by atoms with Gasteiger partial charge in [-0.1, -0.05) is 25.0 Å². The van der Waals surface area contributed by atoms with Crippen LogP contribution < -0.4 is 10.5 Å². The number of ether oxygens (including phenoxy) is 1. The second-order valence-corrected chi connectivity index (χ2v) is 8.13. The molecule has 1 aliphatic heterocycles. The van der Waals surface area contributed by atoms with Crippen molar-refractivity contribution in [3.05, 3.63) is 29.8 Å². The molecule has 0 radical (unpaired) electrons. The number of rotatable bonds is 4. The van der Waals surface area contributed by atoms with E-state index in [-0.39, 0.29) is 11.5 Å². The number of amides is 1. The van der Waals surface area contributed by atoms with Crippen LogP contribution in [0.2, 0.25) is 0 Å². The number of methoxy groups -OCH3 is 1. The molecule has 3 rings (SSSR count). The fourth-order valence-corrected chi connectivity index (χ4v) is 4.44. The second kappa shape index (κ2) is 7.77. The third-order valence-corrected chi connectivity index (χ3v) is 6.16. The molecule has 1 amide bonds. The number of carbonyl (C=O) groups is 1. The lowest BCUT2D eigenvalue weighted by Crippen LogP contribution is -2.54. The number of nitrogens with zero attached hydrogens (tertiary/aromatic N) is 1. The summed E-state index contributed by atoms with van der Waals surface area (Å²) in [7, 11) is 1.69. The molecule has 0 spiro atoms. The van der Waals surface area contributed by atoms with E-state index in [1.54, 1.807) is 7.11 Å². The Morgan fingerprint density at radius 2 is 1.88 bits per heavy atom. The van der Waals surface area contributed by atoms with Crippen LogP contribution in [0, 0.1) is 11.8 Å². The molecule has 2 aliphatic rings. The van der Waals surface area contributed by atoms with Crippen molar-refractivity contribution in [3.63, 3.8) is 0 Å². The Morgan fingerprint density at radius 1 is 1.20 bits per heavy atom. The summed E-state index contributed by atoms with van der Waals surface area (Å²) >= 11 is 0. The van der Waals surface area contributed by atoms with Crippen molar-refractivity contribution >= 4 is 5.91 Å². The highest BCUT2D eigenvalue weighted by Crippen LogP contribution is 2.34. The van der Waals surface area contributed by atoms with Gasteiger partial charge in [0.15, 0.2) is 0 Å². The lowest BCUT2D eigenvalue weighted by Gasteiger charge is -2.41. The Morgan fingerprint density at radius 3 is 2.48 bits per heavy atom. The minimum absolute atomic E-state index is 0.0133. The highest BCUT2D eigenvalue weighted by molar-refractivity contribution is 5.80. The predicted octanol–water partition coefficient (Wildman–Crippen LogP) is 3.38. The lowest BCUT2D eigenvalue weighted by molar-refractivity contribution is -0.140. The molecule has 25 heavy (non-hydrogen) atoms. The highest BCUT2D eigenvalue weighted by atomic mass is 16.5. The van der Waals surface area contributed by atoms with E-state index < -0.39 is 0 Å². The molecule has 1 aromatic carbocycles. The van der Waals surface area contributed by atoms with Crippen LogP contribution in [0.15, 0.2) is 24.3 Å². The molecular formula is C21H32N2O2. The maximum absolute atomic E-state index is 12.9. The van der Waals surface area contributed by atoms with Gasteiger partial charge in [0, 0.05) is 18.6 Å². The highest BCUT2D eigenvalue weighted by Gasteiger charge is 2.40. The summed E-state index contributed by atoms with van der Waals surface area (Å²) in [5.74, 6) is 1.88. The molecule has 1 aromatic rings. The molecule has 0 aromatic heterocycles. The van der Waals surface area contributed by atoms with E-state index >= 15 is 0 Å². The minimum atomic E-state index is -0.324. The Kier molecular flexibility index (Phi) is 5.67. The zero-order chi connectivity index (χ0) is 17.9. The fourth-order valence-electron chi connectivity index (χ4n) is 4.44. The van der Waals surface area contributed by atoms with Gasteiger partial charge in [-0.15, -0.1) is 0 Å². The van der Waals surface area contributed by atoms with Crippen LogP contribution in [0.4, 0.5) is 0 Å². The van der Waals surface area contributed by atoms with Gasteiger partial charge in [-0.2, -0.15) is 0 Å². The van der Waals surface area contributed by atoms with Gasteiger partial charge in [-0.05, 0) is 62.6 Å². The van der Waals surface area contributed by atoms with E-state index in [0.717, 1.165) is 63.8 Å². The number of likely N-dealkylation sites (tertiary alicyclic amines) is 1. The summed E-state index contributed by atoms with van der Waals surface area (Å²) in [6, 6.07) is 8.36. The smallest absolute Gasteiger partial charge is 0.227 e. The van der Waals surface area contributed by atoms with Gasteiger partial charge in [0.05, 0.1) is 13.0 Å². The van der Waals surface area contributed by atoms with Crippen molar-refractivity contribution in [2.24, 2.45) is 17.6 Å². The van der Waals surface area contributed by atoms with E-state index in [0.29, 0.717) is 11.8 Å². The molecule has 2 unspecified atom stereocenters. The number of carbonyl (C=O) groups excluding carboxylic acids is 1. The molecule has 2 atom stereocenters. The minimum Gasteiger partial charge on any atom is -0.497 e. The topological polar surface area (TPSA) is 55.6 Å². The van der Waals surface area contributed by atoms with Gasteiger partial charge < -0.3 is 15.4 Å². The first-order valence-electron chi connectivity index (χ1n) is 9.70. The summed E-state index contributed by atoms with van der Waals surface area (Å²) in [6.45, 7) is 3.82. The standard InChI is InChI=1S/C21H32N2O2/c1-21(22)12-4-3-5-19(21)20(24)23-13-10-17(11-14-23)15-16-6-8-18(25-2)9-7-16/h6-9,17,19H,3-5,10-15,22H2,1-2H3. The lowest BCUT2D eigenvalue weighted by atomic mass is 9.73. The van der Waals surface area contributed by atoms with E-state index in [9.17, 15) is 4.79 Å². The quantitative estimate of drug-likeness (QED) is 0.911. The Hall–Kier alpha value is -1.55. The van der Waals surface area contributed by atoms with Gasteiger partial charge >= 0.3 is 0 Å². The Labute approximate surface area is 151 Å². The van der Waals surface area contributed by atoms with Crippen molar-refractivity contribution in [3.8, 4) is 5.75 Å². The van der Waals surface area contributed by atoms with Crippen LogP contribution in [0.1, 0.15) is 51.0 Å². The van der Waals surface area contributed by atoms with Crippen LogP contribution in [0.25, 0.3) is 0 Å². The zero-order valence-corrected chi connectivity index (χ0v) is 15.7. The molecule has 0 bridgehead atoms. The van der Waals surface area contributed by atoms with Crippen molar-refractivity contribution in [1.29, 1.82) is 0 Å².